The van der Waals surface area contributed by atoms with Gasteiger partial charge in [-0.15, -0.1) is 11.6 Å². The number of aryl methyl sites for hydroxylation is 1. The third-order valence-electron chi connectivity index (χ3n) is 3.30. The molecule has 112 valence electrons. The quantitative estimate of drug-likeness (QED) is 0.857. The van der Waals surface area contributed by atoms with Crippen molar-refractivity contribution in [2.24, 2.45) is 0 Å². The standard InChI is InChI=1S/C16H18ClNO2S/c1-13-8-10-15(11-9-13)21(19,20)18-12-16(2,17)14-6-4-3-5-7-14/h3-11,18H,12H2,1-2H3/t16-/m0/s1. The van der Waals surface area contributed by atoms with Gasteiger partial charge in [0.1, 0.15) is 0 Å². The summed E-state index contributed by atoms with van der Waals surface area (Å²) in [6.45, 7) is 3.82. The highest BCUT2D eigenvalue weighted by molar-refractivity contribution is 7.89. The number of hydrogen-bond donors (Lipinski definition) is 1. The van der Waals surface area contributed by atoms with Gasteiger partial charge in [-0.1, -0.05) is 48.0 Å². The average Bonchev–Trinajstić information content (AvgIpc) is 2.47. The van der Waals surface area contributed by atoms with Gasteiger partial charge in [0.05, 0.1) is 9.77 Å². The Morgan fingerprint density at radius 3 is 2.19 bits per heavy atom. The minimum absolute atomic E-state index is 0.120. The molecule has 2 aromatic carbocycles. The lowest BCUT2D eigenvalue weighted by atomic mass is 10.0. The first-order chi connectivity index (χ1) is 9.81. The number of rotatable bonds is 5. The summed E-state index contributed by atoms with van der Waals surface area (Å²) in [6, 6.07) is 16.1. The van der Waals surface area contributed by atoms with Crippen LogP contribution in [0.25, 0.3) is 0 Å². The van der Waals surface area contributed by atoms with Gasteiger partial charge in [0, 0.05) is 6.54 Å². The van der Waals surface area contributed by atoms with Crippen molar-refractivity contribution in [1.29, 1.82) is 0 Å². The average molecular weight is 324 g/mol. The lowest BCUT2D eigenvalue weighted by molar-refractivity contribution is 0.565. The predicted molar refractivity (Wildman–Crippen MR) is 86.0 cm³/mol. The molecular weight excluding hydrogens is 306 g/mol. The van der Waals surface area contributed by atoms with Crippen molar-refractivity contribution in [2.75, 3.05) is 6.54 Å². The van der Waals surface area contributed by atoms with Crippen LogP contribution < -0.4 is 4.72 Å². The van der Waals surface area contributed by atoms with Crippen LogP contribution in [-0.4, -0.2) is 15.0 Å². The fraction of sp³-hybridized carbons (Fsp3) is 0.250. The predicted octanol–water partition coefficient (Wildman–Crippen LogP) is 3.43. The number of sulfonamides is 1. The van der Waals surface area contributed by atoms with E-state index in [2.05, 4.69) is 4.72 Å². The maximum absolute atomic E-state index is 12.3. The highest BCUT2D eigenvalue weighted by Crippen LogP contribution is 2.28. The summed E-state index contributed by atoms with van der Waals surface area (Å²) in [6.07, 6.45) is 0. The molecule has 3 nitrogen and oxygen atoms in total. The van der Waals surface area contributed by atoms with Crippen LogP contribution in [0.1, 0.15) is 18.1 Å². The summed E-state index contributed by atoms with van der Waals surface area (Å²) < 4.78 is 27.1. The first-order valence-electron chi connectivity index (χ1n) is 6.62. The van der Waals surface area contributed by atoms with E-state index >= 15 is 0 Å². The number of hydrogen-bond acceptors (Lipinski definition) is 2. The van der Waals surface area contributed by atoms with Gasteiger partial charge < -0.3 is 0 Å². The van der Waals surface area contributed by atoms with E-state index in [1.54, 1.807) is 31.2 Å². The van der Waals surface area contributed by atoms with E-state index < -0.39 is 14.9 Å². The zero-order valence-corrected chi connectivity index (χ0v) is 13.6. The van der Waals surface area contributed by atoms with Gasteiger partial charge in [-0.05, 0) is 31.5 Å². The summed E-state index contributed by atoms with van der Waals surface area (Å²) >= 11 is 6.45. The molecule has 0 unspecified atom stereocenters. The number of nitrogens with one attached hydrogen (secondary N) is 1. The largest absolute Gasteiger partial charge is 0.240 e. The molecule has 0 saturated carbocycles. The first kappa shape index (κ1) is 16.0. The maximum atomic E-state index is 12.3. The molecule has 0 saturated heterocycles. The Morgan fingerprint density at radius 1 is 1.05 bits per heavy atom. The van der Waals surface area contributed by atoms with Crippen molar-refractivity contribution in [2.45, 2.75) is 23.6 Å². The van der Waals surface area contributed by atoms with Crippen LogP contribution in [0.15, 0.2) is 59.5 Å². The molecule has 0 aromatic heterocycles. The molecule has 0 aliphatic heterocycles. The number of benzene rings is 2. The lowest BCUT2D eigenvalue weighted by Crippen LogP contribution is -2.35. The molecule has 1 atom stereocenters. The Morgan fingerprint density at radius 2 is 1.62 bits per heavy atom. The molecule has 21 heavy (non-hydrogen) atoms. The van der Waals surface area contributed by atoms with E-state index in [0.717, 1.165) is 11.1 Å². The van der Waals surface area contributed by atoms with E-state index in [9.17, 15) is 8.42 Å². The third kappa shape index (κ3) is 4.06. The van der Waals surface area contributed by atoms with Gasteiger partial charge in [-0.2, -0.15) is 0 Å². The van der Waals surface area contributed by atoms with Gasteiger partial charge >= 0.3 is 0 Å². The van der Waals surface area contributed by atoms with Crippen LogP contribution in [0.2, 0.25) is 0 Å². The molecule has 5 heteroatoms. The molecule has 0 spiro atoms. The monoisotopic (exact) mass is 323 g/mol. The van der Waals surface area contributed by atoms with Gasteiger partial charge in [-0.3, -0.25) is 0 Å². The fourth-order valence-corrected chi connectivity index (χ4v) is 3.33. The van der Waals surface area contributed by atoms with Gasteiger partial charge in [-0.25, -0.2) is 13.1 Å². The van der Waals surface area contributed by atoms with E-state index in [4.69, 9.17) is 11.6 Å². The van der Waals surface area contributed by atoms with Crippen molar-refractivity contribution < 1.29 is 8.42 Å². The molecule has 2 aromatic rings. The Labute approximate surface area is 131 Å². The van der Waals surface area contributed by atoms with Crippen molar-refractivity contribution in [3.05, 3.63) is 65.7 Å². The van der Waals surface area contributed by atoms with Crippen molar-refractivity contribution >= 4 is 21.6 Å². The van der Waals surface area contributed by atoms with Crippen molar-refractivity contribution in [1.82, 2.24) is 4.72 Å². The summed E-state index contributed by atoms with van der Waals surface area (Å²) in [5, 5.41) is 0. The van der Waals surface area contributed by atoms with Gasteiger partial charge in [0.2, 0.25) is 10.0 Å². The SMILES string of the molecule is Cc1ccc(S(=O)(=O)NC[C@](C)(Cl)c2ccccc2)cc1. The fourth-order valence-electron chi connectivity index (χ4n) is 1.92. The third-order valence-corrected chi connectivity index (χ3v) is 5.07. The maximum Gasteiger partial charge on any atom is 0.240 e. The summed E-state index contributed by atoms with van der Waals surface area (Å²) in [5.41, 5.74) is 1.89. The molecule has 0 aliphatic carbocycles. The molecule has 0 fully saturated rings. The molecule has 2 rings (SSSR count). The van der Waals surface area contributed by atoms with E-state index in [-0.39, 0.29) is 11.4 Å². The second kappa shape index (κ2) is 6.18. The Kier molecular flexibility index (Phi) is 4.71. The topological polar surface area (TPSA) is 46.2 Å². The van der Waals surface area contributed by atoms with Crippen LogP contribution >= 0.6 is 11.6 Å². The molecule has 0 aliphatic rings. The van der Waals surface area contributed by atoms with Gasteiger partial charge in [0.25, 0.3) is 0 Å². The Hall–Kier alpha value is -1.36. The van der Waals surface area contributed by atoms with Crippen LogP contribution in [-0.2, 0) is 14.9 Å². The first-order valence-corrected chi connectivity index (χ1v) is 8.48. The second-order valence-electron chi connectivity index (χ2n) is 5.20. The lowest BCUT2D eigenvalue weighted by Gasteiger charge is -2.23. The second-order valence-corrected chi connectivity index (χ2v) is 7.80. The molecule has 0 amide bonds. The highest BCUT2D eigenvalue weighted by Gasteiger charge is 2.26. The normalized spacial score (nSPS) is 14.6. The molecule has 0 radical (unpaired) electrons. The number of alkyl halides is 1. The zero-order valence-electron chi connectivity index (χ0n) is 12.0. The highest BCUT2D eigenvalue weighted by atomic mass is 35.5. The van der Waals surface area contributed by atoms with Crippen LogP contribution in [0.4, 0.5) is 0 Å². The van der Waals surface area contributed by atoms with E-state index in [1.807, 2.05) is 37.3 Å². The van der Waals surface area contributed by atoms with Gasteiger partial charge in [0.15, 0.2) is 0 Å². The van der Waals surface area contributed by atoms with Crippen molar-refractivity contribution in [3.63, 3.8) is 0 Å². The Bertz CT molecular complexity index is 695. The summed E-state index contributed by atoms with van der Waals surface area (Å²) in [4.78, 5) is -0.549. The molecular formula is C16H18ClNO2S. The van der Waals surface area contributed by atoms with E-state index in [0.29, 0.717) is 0 Å². The summed E-state index contributed by atoms with van der Waals surface area (Å²) in [7, 11) is -3.55. The zero-order chi connectivity index (χ0) is 15.5. The number of halogens is 1. The van der Waals surface area contributed by atoms with Crippen molar-refractivity contribution in [3.8, 4) is 0 Å². The molecule has 0 bridgehead atoms. The summed E-state index contributed by atoms with van der Waals surface area (Å²) in [5.74, 6) is 0. The van der Waals surface area contributed by atoms with Crippen LogP contribution in [0, 0.1) is 6.92 Å². The minimum atomic E-state index is -3.55. The minimum Gasteiger partial charge on any atom is -0.209 e. The van der Waals surface area contributed by atoms with Crippen LogP contribution in [0.5, 0.6) is 0 Å². The smallest absolute Gasteiger partial charge is 0.209 e. The Balaban J connectivity index is 2.13. The molecule has 1 N–H and O–H groups in total. The van der Waals surface area contributed by atoms with E-state index in [1.165, 1.54) is 0 Å². The molecule has 0 heterocycles. The van der Waals surface area contributed by atoms with Crippen LogP contribution in [0.3, 0.4) is 0 Å².